The summed E-state index contributed by atoms with van der Waals surface area (Å²) in [7, 11) is 0. The Morgan fingerprint density at radius 2 is 2.12 bits per heavy atom. The number of carbonyl (C=O) groups is 1. The SMILES string of the molecule is O=C(Nc1ncn[nH]1)c1csc(-c2cnn(-c3ccccc3)c2)n1. The van der Waals surface area contributed by atoms with Crippen LogP contribution in [0.25, 0.3) is 16.3 Å². The van der Waals surface area contributed by atoms with Gasteiger partial charge in [-0.05, 0) is 12.1 Å². The van der Waals surface area contributed by atoms with E-state index >= 15 is 0 Å². The number of hydrogen-bond acceptors (Lipinski definition) is 6. The number of benzene rings is 1. The molecule has 0 aliphatic carbocycles. The van der Waals surface area contributed by atoms with Gasteiger partial charge in [0.15, 0.2) is 0 Å². The first-order valence-electron chi connectivity index (χ1n) is 7.02. The molecule has 4 aromatic rings. The van der Waals surface area contributed by atoms with Crippen LogP contribution < -0.4 is 5.32 Å². The second kappa shape index (κ2) is 6.05. The van der Waals surface area contributed by atoms with Crippen molar-refractivity contribution < 1.29 is 4.79 Å². The normalized spacial score (nSPS) is 10.7. The molecular formula is C15H11N7OS. The van der Waals surface area contributed by atoms with E-state index in [-0.39, 0.29) is 11.9 Å². The first kappa shape index (κ1) is 14.3. The molecule has 0 fully saturated rings. The molecule has 0 unspecified atom stereocenters. The Morgan fingerprint density at radius 1 is 1.25 bits per heavy atom. The van der Waals surface area contributed by atoms with E-state index in [9.17, 15) is 4.79 Å². The van der Waals surface area contributed by atoms with Gasteiger partial charge < -0.3 is 0 Å². The summed E-state index contributed by atoms with van der Waals surface area (Å²) in [6, 6.07) is 9.79. The van der Waals surface area contributed by atoms with Crippen molar-refractivity contribution in [3.05, 3.63) is 60.1 Å². The van der Waals surface area contributed by atoms with Crippen LogP contribution in [0.15, 0.2) is 54.4 Å². The predicted octanol–water partition coefficient (Wildman–Crippen LogP) is 2.37. The van der Waals surface area contributed by atoms with Crippen LogP contribution in [0, 0.1) is 0 Å². The van der Waals surface area contributed by atoms with Crippen molar-refractivity contribution in [1.29, 1.82) is 0 Å². The number of amides is 1. The topological polar surface area (TPSA) is 101 Å². The van der Waals surface area contributed by atoms with Crippen LogP contribution in [0.2, 0.25) is 0 Å². The van der Waals surface area contributed by atoms with Crippen LogP contribution in [0.5, 0.6) is 0 Å². The third kappa shape index (κ3) is 2.79. The molecule has 1 amide bonds. The molecule has 9 heteroatoms. The third-order valence-corrected chi connectivity index (χ3v) is 4.13. The van der Waals surface area contributed by atoms with Crippen LogP contribution in [-0.4, -0.2) is 35.9 Å². The number of rotatable bonds is 4. The van der Waals surface area contributed by atoms with E-state index < -0.39 is 0 Å². The predicted molar refractivity (Wildman–Crippen MR) is 89.0 cm³/mol. The van der Waals surface area contributed by atoms with Gasteiger partial charge in [-0.3, -0.25) is 10.1 Å². The highest BCUT2D eigenvalue weighted by molar-refractivity contribution is 7.13. The Labute approximate surface area is 140 Å². The van der Waals surface area contributed by atoms with Crippen molar-refractivity contribution in [3.8, 4) is 16.3 Å². The number of aromatic amines is 1. The summed E-state index contributed by atoms with van der Waals surface area (Å²) < 4.78 is 1.77. The average Bonchev–Trinajstić information content (AvgIpc) is 3.36. The molecule has 24 heavy (non-hydrogen) atoms. The first-order valence-corrected chi connectivity index (χ1v) is 7.90. The van der Waals surface area contributed by atoms with E-state index in [1.54, 1.807) is 16.3 Å². The van der Waals surface area contributed by atoms with Gasteiger partial charge in [-0.15, -0.1) is 11.3 Å². The molecule has 8 nitrogen and oxygen atoms in total. The van der Waals surface area contributed by atoms with Crippen molar-refractivity contribution in [2.45, 2.75) is 0 Å². The summed E-state index contributed by atoms with van der Waals surface area (Å²) in [5.74, 6) is -0.0591. The highest BCUT2D eigenvalue weighted by Gasteiger charge is 2.14. The summed E-state index contributed by atoms with van der Waals surface area (Å²) >= 11 is 1.38. The van der Waals surface area contributed by atoms with Crippen molar-refractivity contribution in [3.63, 3.8) is 0 Å². The number of carbonyl (C=O) groups excluding carboxylic acids is 1. The Morgan fingerprint density at radius 3 is 2.92 bits per heavy atom. The van der Waals surface area contributed by atoms with E-state index in [2.05, 4.69) is 30.6 Å². The number of para-hydroxylation sites is 1. The van der Waals surface area contributed by atoms with Crippen LogP contribution >= 0.6 is 11.3 Å². The molecule has 0 radical (unpaired) electrons. The standard InChI is InChI=1S/C15H11N7OS/c23-13(20-15-16-9-17-21-15)12-8-24-14(19-12)10-6-18-22(7-10)11-4-2-1-3-5-11/h1-9H,(H2,16,17,20,21,23). The molecule has 2 N–H and O–H groups in total. The van der Waals surface area contributed by atoms with Crippen LogP contribution in [0.3, 0.4) is 0 Å². The Hall–Kier alpha value is -3.33. The molecule has 0 bridgehead atoms. The zero-order chi connectivity index (χ0) is 16.4. The highest BCUT2D eigenvalue weighted by atomic mass is 32.1. The number of aromatic nitrogens is 6. The number of thiazole rings is 1. The van der Waals surface area contributed by atoms with Crippen molar-refractivity contribution >= 4 is 23.2 Å². The molecule has 0 saturated carbocycles. The van der Waals surface area contributed by atoms with E-state index in [4.69, 9.17) is 0 Å². The molecule has 4 rings (SSSR count). The second-order valence-electron chi connectivity index (χ2n) is 4.84. The van der Waals surface area contributed by atoms with E-state index in [0.717, 1.165) is 16.3 Å². The van der Waals surface area contributed by atoms with Gasteiger partial charge in [0.2, 0.25) is 5.95 Å². The van der Waals surface area contributed by atoms with Gasteiger partial charge >= 0.3 is 0 Å². The lowest BCUT2D eigenvalue weighted by molar-refractivity contribution is 0.102. The van der Waals surface area contributed by atoms with E-state index in [1.807, 2.05) is 36.5 Å². The van der Waals surface area contributed by atoms with Gasteiger partial charge in [-0.25, -0.2) is 14.8 Å². The maximum absolute atomic E-state index is 12.1. The maximum atomic E-state index is 12.1. The van der Waals surface area contributed by atoms with Gasteiger partial charge in [-0.1, -0.05) is 18.2 Å². The van der Waals surface area contributed by atoms with Gasteiger partial charge in [0.05, 0.1) is 11.9 Å². The minimum Gasteiger partial charge on any atom is -0.289 e. The lowest BCUT2D eigenvalue weighted by Gasteiger charge is -1.98. The van der Waals surface area contributed by atoms with Crippen LogP contribution in [0.1, 0.15) is 10.5 Å². The minimum absolute atomic E-state index is 0.284. The van der Waals surface area contributed by atoms with Crippen molar-refractivity contribution in [2.75, 3.05) is 5.32 Å². The number of nitrogens with one attached hydrogen (secondary N) is 2. The fourth-order valence-corrected chi connectivity index (χ4v) is 2.88. The molecule has 0 saturated heterocycles. The molecule has 3 aromatic heterocycles. The molecule has 118 valence electrons. The van der Waals surface area contributed by atoms with Gasteiger partial charge in [0, 0.05) is 17.1 Å². The summed E-state index contributed by atoms with van der Waals surface area (Å²) in [6.07, 6.45) is 4.93. The third-order valence-electron chi connectivity index (χ3n) is 3.23. The van der Waals surface area contributed by atoms with Gasteiger partial charge in [0.1, 0.15) is 17.0 Å². The summed E-state index contributed by atoms with van der Waals surface area (Å²) in [6.45, 7) is 0. The Bertz CT molecular complexity index is 959. The van der Waals surface area contributed by atoms with Crippen molar-refractivity contribution in [2.24, 2.45) is 0 Å². The molecule has 0 aliphatic heterocycles. The molecule has 0 spiro atoms. The molecular weight excluding hydrogens is 326 g/mol. The maximum Gasteiger partial charge on any atom is 0.277 e. The minimum atomic E-state index is -0.343. The van der Waals surface area contributed by atoms with Crippen molar-refractivity contribution in [1.82, 2.24) is 29.9 Å². The quantitative estimate of drug-likeness (QED) is 0.595. The number of H-pyrrole nitrogens is 1. The molecule has 3 heterocycles. The fourth-order valence-electron chi connectivity index (χ4n) is 2.10. The monoisotopic (exact) mass is 337 g/mol. The zero-order valence-electron chi connectivity index (χ0n) is 12.2. The van der Waals surface area contributed by atoms with Crippen LogP contribution in [0.4, 0.5) is 5.95 Å². The molecule has 1 aromatic carbocycles. The van der Waals surface area contributed by atoms with E-state index in [1.165, 1.54) is 17.7 Å². The molecule has 0 aliphatic rings. The lowest BCUT2D eigenvalue weighted by atomic mass is 10.3. The largest absolute Gasteiger partial charge is 0.289 e. The number of hydrogen-bond donors (Lipinski definition) is 2. The summed E-state index contributed by atoms with van der Waals surface area (Å²) in [5, 5.41) is 15.6. The summed E-state index contributed by atoms with van der Waals surface area (Å²) in [5.41, 5.74) is 2.13. The highest BCUT2D eigenvalue weighted by Crippen LogP contribution is 2.24. The van der Waals surface area contributed by atoms with Gasteiger partial charge in [-0.2, -0.15) is 15.2 Å². The smallest absolute Gasteiger partial charge is 0.277 e. The number of nitrogens with zero attached hydrogens (tertiary/aromatic N) is 5. The average molecular weight is 337 g/mol. The van der Waals surface area contributed by atoms with Crippen LogP contribution in [-0.2, 0) is 0 Å². The Kier molecular flexibility index (Phi) is 3.60. The number of anilines is 1. The van der Waals surface area contributed by atoms with Gasteiger partial charge in [0.25, 0.3) is 5.91 Å². The lowest BCUT2D eigenvalue weighted by Crippen LogP contribution is -2.13. The van der Waals surface area contributed by atoms with E-state index in [0.29, 0.717) is 5.69 Å². The Balaban J connectivity index is 1.55. The summed E-state index contributed by atoms with van der Waals surface area (Å²) in [4.78, 5) is 20.3. The fraction of sp³-hybridized carbons (Fsp3) is 0. The molecule has 0 atom stereocenters. The second-order valence-corrected chi connectivity index (χ2v) is 5.69. The first-order chi connectivity index (χ1) is 11.8. The zero-order valence-corrected chi connectivity index (χ0v) is 13.1.